The van der Waals surface area contributed by atoms with Crippen LogP contribution in [0.2, 0.25) is 0 Å². The Bertz CT molecular complexity index is 484. The normalized spacial score (nSPS) is 17.2. The zero-order valence-electron chi connectivity index (χ0n) is 9.56. The summed E-state index contributed by atoms with van der Waals surface area (Å²) in [6.07, 6.45) is 1.36. The Balaban J connectivity index is 2.12. The van der Waals surface area contributed by atoms with Crippen molar-refractivity contribution in [2.24, 2.45) is 0 Å². The van der Waals surface area contributed by atoms with Gasteiger partial charge in [-0.3, -0.25) is 4.79 Å². The van der Waals surface area contributed by atoms with Gasteiger partial charge < -0.3 is 14.5 Å². The van der Waals surface area contributed by atoms with Gasteiger partial charge in [0.1, 0.15) is 18.0 Å². The minimum absolute atomic E-state index is 0.0522. The highest BCUT2D eigenvalue weighted by Crippen LogP contribution is 2.42. The van der Waals surface area contributed by atoms with Crippen molar-refractivity contribution in [1.82, 2.24) is 0 Å². The molecule has 0 radical (unpaired) electrons. The summed E-state index contributed by atoms with van der Waals surface area (Å²) in [6, 6.07) is 5.83. The van der Waals surface area contributed by atoms with E-state index >= 15 is 0 Å². The van der Waals surface area contributed by atoms with Gasteiger partial charge in [0.05, 0.1) is 12.2 Å². The van der Waals surface area contributed by atoms with E-state index in [9.17, 15) is 4.79 Å². The predicted molar refractivity (Wildman–Crippen MR) is 66.7 cm³/mol. The SMILES string of the molecule is C=CC(=O)N1CCN2CCOc3cccc1c32. The summed E-state index contributed by atoms with van der Waals surface area (Å²) < 4.78 is 5.63. The van der Waals surface area contributed by atoms with E-state index in [1.54, 1.807) is 4.90 Å². The van der Waals surface area contributed by atoms with Crippen molar-refractivity contribution in [2.75, 3.05) is 36.0 Å². The summed E-state index contributed by atoms with van der Waals surface area (Å²) in [5.74, 6) is 0.818. The highest BCUT2D eigenvalue weighted by molar-refractivity contribution is 6.04. The predicted octanol–water partition coefficient (Wildman–Crippen LogP) is 1.42. The molecule has 0 atom stereocenters. The van der Waals surface area contributed by atoms with Crippen molar-refractivity contribution in [3.63, 3.8) is 0 Å². The zero-order chi connectivity index (χ0) is 11.8. The number of benzene rings is 1. The molecule has 0 saturated heterocycles. The monoisotopic (exact) mass is 230 g/mol. The van der Waals surface area contributed by atoms with Gasteiger partial charge in [-0.05, 0) is 18.2 Å². The molecule has 0 unspecified atom stereocenters. The summed E-state index contributed by atoms with van der Waals surface area (Å²) in [5, 5.41) is 0. The fourth-order valence-corrected chi connectivity index (χ4v) is 2.44. The van der Waals surface area contributed by atoms with E-state index in [0.29, 0.717) is 13.2 Å². The average Bonchev–Trinajstić information content (AvgIpc) is 2.39. The summed E-state index contributed by atoms with van der Waals surface area (Å²) in [5.41, 5.74) is 1.97. The molecule has 2 heterocycles. The number of para-hydroxylation sites is 1. The molecule has 0 aliphatic carbocycles. The first-order valence-corrected chi connectivity index (χ1v) is 5.76. The topological polar surface area (TPSA) is 32.8 Å². The van der Waals surface area contributed by atoms with Gasteiger partial charge in [-0.25, -0.2) is 0 Å². The standard InChI is InChI=1S/C13H14N2O2/c1-2-12(16)15-7-6-14-8-9-17-11-5-3-4-10(15)13(11)14/h2-5H,1,6-9H2. The first-order valence-electron chi connectivity index (χ1n) is 5.76. The number of ether oxygens (including phenoxy) is 1. The molecule has 0 spiro atoms. The molecule has 4 nitrogen and oxygen atoms in total. The summed E-state index contributed by atoms with van der Waals surface area (Å²) in [4.78, 5) is 15.8. The highest BCUT2D eigenvalue weighted by atomic mass is 16.5. The highest BCUT2D eigenvalue weighted by Gasteiger charge is 2.30. The first-order chi connectivity index (χ1) is 8.31. The number of anilines is 2. The molecule has 3 rings (SSSR count). The van der Waals surface area contributed by atoms with Gasteiger partial charge in [0.25, 0.3) is 5.91 Å². The Morgan fingerprint density at radius 2 is 2.24 bits per heavy atom. The van der Waals surface area contributed by atoms with Crippen molar-refractivity contribution in [1.29, 1.82) is 0 Å². The van der Waals surface area contributed by atoms with E-state index in [-0.39, 0.29) is 5.91 Å². The van der Waals surface area contributed by atoms with E-state index in [0.717, 1.165) is 30.2 Å². The Morgan fingerprint density at radius 3 is 3.06 bits per heavy atom. The van der Waals surface area contributed by atoms with Crippen LogP contribution >= 0.6 is 0 Å². The van der Waals surface area contributed by atoms with Gasteiger partial charge in [-0.1, -0.05) is 12.6 Å². The smallest absolute Gasteiger partial charge is 0.250 e. The molecule has 2 aliphatic heterocycles. The maximum atomic E-state index is 11.8. The second-order valence-corrected chi connectivity index (χ2v) is 4.15. The van der Waals surface area contributed by atoms with Crippen molar-refractivity contribution in [3.8, 4) is 5.75 Å². The van der Waals surface area contributed by atoms with Gasteiger partial charge >= 0.3 is 0 Å². The van der Waals surface area contributed by atoms with Crippen molar-refractivity contribution in [2.45, 2.75) is 0 Å². The van der Waals surface area contributed by atoms with Crippen LogP contribution < -0.4 is 14.5 Å². The summed E-state index contributed by atoms with van der Waals surface area (Å²) >= 11 is 0. The fraction of sp³-hybridized carbons (Fsp3) is 0.308. The molecule has 0 aromatic heterocycles. The van der Waals surface area contributed by atoms with Crippen LogP contribution in [0.25, 0.3) is 0 Å². The van der Waals surface area contributed by atoms with E-state index in [2.05, 4.69) is 11.5 Å². The van der Waals surface area contributed by atoms with Crippen LogP contribution in [0.5, 0.6) is 5.75 Å². The Hall–Kier alpha value is -1.97. The van der Waals surface area contributed by atoms with Crippen LogP contribution in [0.1, 0.15) is 0 Å². The molecule has 2 aliphatic rings. The number of hydrogen-bond donors (Lipinski definition) is 0. The van der Waals surface area contributed by atoms with E-state index in [1.165, 1.54) is 6.08 Å². The molecule has 17 heavy (non-hydrogen) atoms. The van der Waals surface area contributed by atoms with Crippen LogP contribution in [-0.4, -0.2) is 32.1 Å². The van der Waals surface area contributed by atoms with E-state index < -0.39 is 0 Å². The maximum absolute atomic E-state index is 11.8. The minimum atomic E-state index is -0.0522. The van der Waals surface area contributed by atoms with Gasteiger partial charge in [-0.15, -0.1) is 0 Å². The largest absolute Gasteiger partial charge is 0.489 e. The molecule has 0 fully saturated rings. The molecular formula is C13H14N2O2. The van der Waals surface area contributed by atoms with Crippen molar-refractivity contribution in [3.05, 3.63) is 30.9 Å². The zero-order valence-corrected chi connectivity index (χ0v) is 9.56. The molecular weight excluding hydrogens is 216 g/mol. The lowest BCUT2D eigenvalue weighted by Gasteiger charge is -2.40. The van der Waals surface area contributed by atoms with Crippen LogP contribution in [0.3, 0.4) is 0 Å². The molecule has 1 aromatic rings. The van der Waals surface area contributed by atoms with Crippen LogP contribution in [0, 0.1) is 0 Å². The van der Waals surface area contributed by atoms with Gasteiger partial charge in [0.15, 0.2) is 0 Å². The Morgan fingerprint density at radius 1 is 1.35 bits per heavy atom. The lowest BCUT2D eigenvalue weighted by atomic mass is 10.1. The number of hydrogen-bond acceptors (Lipinski definition) is 3. The number of carbonyl (C=O) groups excluding carboxylic acids is 1. The number of nitrogens with zero attached hydrogens (tertiary/aromatic N) is 2. The Labute approximate surface area is 100 Å². The lowest BCUT2D eigenvalue weighted by molar-refractivity contribution is -0.114. The average molecular weight is 230 g/mol. The first kappa shape index (κ1) is 10.2. The third-order valence-electron chi connectivity index (χ3n) is 3.24. The molecule has 88 valence electrons. The maximum Gasteiger partial charge on any atom is 0.250 e. The molecule has 1 aromatic carbocycles. The van der Waals surface area contributed by atoms with Gasteiger partial charge in [0.2, 0.25) is 0 Å². The van der Waals surface area contributed by atoms with Gasteiger partial charge in [-0.2, -0.15) is 0 Å². The molecule has 0 bridgehead atoms. The van der Waals surface area contributed by atoms with Crippen LogP contribution in [0.15, 0.2) is 30.9 Å². The molecule has 0 N–H and O–H groups in total. The fourth-order valence-electron chi connectivity index (χ4n) is 2.44. The van der Waals surface area contributed by atoms with E-state index in [4.69, 9.17) is 4.74 Å². The van der Waals surface area contributed by atoms with Crippen molar-refractivity contribution < 1.29 is 9.53 Å². The molecule has 1 amide bonds. The third-order valence-corrected chi connectivity index (χ3v) is 3.24. The second kappa shape index (κ2) is 3.80. The quantitative estimate of drug-likeness (QED) is 0.684. The lowest BCUT2D eigenvalue weighted by Crippen LogP contribution is -2.46. The van der Waals surface area contributed by atoms with Crippen molar-refractivity contribution >= 4 is 17.3 Å². The number of rotatable bonds is 1. The third kappa shape index (κ3) is 1.48. The minimum Gasteiger partial charge on any atom is -0.489 e. The van der Waals surface area contributed by atoms with Crippen LogP contribution in [0.4, 0.5) is 11.4 Å². The number of carbonyl (C=O) groups is 1. The van der Waals surface area contributed by atoms with E-state index in [1.807, 2.05) is 18.2 Å². The van der Waals surface area contributed by atoms with Crippen LogP contribution in [-0.2, 0) is 4.79 Å². The summed E-state index contributed by atoms with van der Waals surface area (Å²) in [6.45, 7) is 6.72. The summed E-state index contributed by atoms with van der Waals surface area (Å²) in [7, 11) is 0. The Kier molecular flexibility index (Phi) is 2.28. The van der Waals surface area contributed by atoms with Gasteiger partial charge in [0, 0.05) is 13.1 Å². The molecule has 4 heteroatoms. The number of amides is 1. The molecule has 0 saturated carbocycles. The second-order valence-electron chi connectivity index (χ2n) is 4.15.